The summed E-state index contributed by atoms with van der Waals surface area (Å²) in [7, 11) is -3.30. The van der Waals surface area contributed by atoms with Gasteiger partial charge in [0.05, 0.1) is 5.75 Å². The third kappa shape index (κ3) is 3.81. The van der Waals surface area contributed by atoms with Gasteiger partial charge in [-0.1, -0.05) is 13.3 Å². The van der Waals surface area contributed by atoms with Crippen LogP contribution in [0.3, 0.4) is 0 Å². The van der Waals surface area contributed by atoms with Crippen LogP contribution in [0.2, 0.25) is 0 Å². The number of halogens is 1. The zero-order valence-corrected chi connectivity index (χ0v) is 10.3. The fourth-order valence-electron chi connectivity index (χ4n) is 1.27. The van der Waals surface area contributed by atoms with Crippen LogP contribution in [0.5, 0.6) is 0 Å². The molecule has 3 nitrogen and oxygen atoms in total. The van der Waals surface area contributed by atoms with E-state index in [0.717, 1.165) is 6.42 Å². The molecule has 16 heavy (non-hydrogen) atoms. The number of nitrogens with one attached hydrogen (secondary N) is 1. The van der Waals surface area contributed by atoms with Gasteiger partial charge in [0.15, 0.2) is 0 Å². The van der Waals surface area contributed by atoms with Crippen molar-refractivity contribution in [3.63, 3.8) is 0 Å². The van der Waals surface area contributed by atoms with E-state index in [1.54, 1.807) is 6.92 Å². The summed E-state index contributed by atoms with van der Waals surface area (Å²) < 4.78 is 38.5. The number of anilines is 1. The van der Waals surface area contributed by atoms with Crippen molar-refractivity contribution >= 4 is 15.7 Å². The van der Waals surface area contributed by atoms with E-state index >= 15 is 0 Å². The summed E-state index contributed by atoms with van der Waals surface area (Å²) in [5, 5.41) is 0. The van der Waals surface area contributed by atoms with E-state index in [2.05, 4.69) is 4.72 Å². The highest BCUT2D eigenvalue weighted by atomic mass is 32.2. The third-order valence-electron chi connectivity index (χ3n) is 2.20. The van der Waals surface area contributed by atoms with Crippen LogP contribution < -0.4 is 4.72 Å². The smallest absolute Gasteiger partial charge is 0.232 e. The summed E-state index contributed by atoms with van der Waals surface area (Å²) in [6, 6.07) is 4.16. The number of hydrogen-bond acceptors (Lipinski definition) is 2. The van der Waals surface area contributed by atoms with Crippen molar-refractivity contribution in [1.82, 2.24) is 0 Å². The molecule has 90 valence electrons. The molecule has 0 amide bonds. The number of rotatable bonds is 5. The molecule has 0 radical (unpaired) electrons. The molecule has 1 rings (SSSR count). The number of aryl methyl sites for hydroxylation is 1. The molecule has 0 saturated carbocycles. The van der Waals surface area contributed by atoms with Gasteiger partial charge in [0.25, 0.3) is 0 Å². The van der Waals surface area contributed by atoms with Crippen LogP contribution in [0.1, 0.15) is 25.3 Å². The molecular formula is C11H16FNO2S. The van der Waals surface area contributed by atoms with Crippen molar-refractivity contribution < 1.29 is 12.8 Å². The van der Waals surface area contributed by atoms with E-state index in [1.807, 2.05) is 6.92 Å². The number of benzene rings is 1. The van der Waals surface area contributed by atoms with Gasteiger partial charge in [0, 0.05) is 5.69 Å². The summed E-state index contributed by atoms with van der Waals surface area (Å²) in [5.74, 6) is -0.239. The fraction of sp³-hybridized carbons (Fsp3) is 0.455. The number of sulfonamides is 1. The molecule has 0 aliphatic carbocycles. The highest BCUT2D eigenvalue weighted by Gasteiger charge is 2.10. The first kappa shape index (κ1) is 13.0. The van der Waals surface area contributed by atoms with Gasteiger partial charge in [-0.05, 0) is 37.1 Å². The maximum atomic E-state index is 13.0. The van der Waals surface area contributed by atoms with E-state index in [9.17, 15) is 12.8 Å². The van der Waals surface area contributed by atoms with Crippen LogP contribution in [0, 0.1) is 12.7 Å². The lowest BCUT2D eigenvalue weighted by Gasteiger charge is -2.08. The minimum Gasteiger partial charge on any atom is -0.284 e. The molecule has 0 aromatic heterocycles. The molecule has 0 heterocycles. The first-order chi connectivity index (χ1) is 7.44. The Labute approximate surface area is 95.7 Å². The Kier molecular flexibility index (Phi) is 4.29. The van der Waals surface area contributed by atoms with E-state index in [1.165, 1.54) is 18.2 Å². The van der Waals surface area contributed by atoms with Crippen LogP contribution >= 0.6 is 0 Å². The topological polar surface area (TPSA) is 46.2 Å². The summed E-state index contributed by atoms with van der Waals surface area (Å²) >= 11 is 0. The largest absolute Gasteiger partial charge is 0.284 e. The van der Waals surface area contributed by atoms with Crippen molar-refractivity contribution in [2.24, 2.45) is 0 Å². The SMILES string of the molecule is CCCCS(=O)(=O)Nc1ccc(F)c(C)c1. The lowest BCUT2D eigenvalue weighted by atomic mass is 10.2. The molecule has 0 aliphatic heterocycles. The Hall–Kier alpha value is -1.10. The predicted molar refractivity (Wildman–Crippen MR) is 63.5 cm³/mol. The molecule has 0 aliphatic rings. The highest BCUT2D eigenvalue weighted by Crippen LogP contribution is 2.15. The summed E-state index contributed by atoms with van der Waals surface area (Å²) in [6.45, 7) is 3.52. The van der Waals surface area contributed by atoms with Gasteiger partial charge < -0.3 is 0 Å². The standard InChI is InChI=1S/C11H16FNO2S/c1-3-4-7-16(14,15)13-10-5-6-11(12)9(2)8-10/h5-6,8,13H,3-4,7H2,1-2H3. The van der Waals surface area contributed by atoms with E-state index < -0.39 is 10.0 Å². The second kappa shape index (κ2) is 5.30. The molecular weight excluding hydrogens is 229 g/mol. The Morgan fingerprint density at radius 1 is 1.38 bits per heavy atom. The van der Waals surface area contributed by atoms with Gasteiger partial charge in [-0.15, -0.1) is 0 Å². The number of hydrogen-bond donors (Lipinski definition) is 1. The van der Waals surface area contributed by atoms with Gasteiger partial charge in [-0.3, -0.25) is 4.72 Å². The molecule has 0 atom stereocenters. The molecule has 1 N–H and O–H groups in total. The van der Waals surface area contributed by atoms with Crippen molar-refractivity contribution in [3.05, 3.63) is 29.6 Å². The second-order valence-electron chi connectivity index (χ2n) is 3.74. The van der Waals surface area contributed by atoms with Crippen molar-refractivity contribution in [3.8, 4) is 0 Å². The van der Waals surface area contributed by atoms with Crippen LogP contribution in [0.4, 0.5) is 10.1 Å². The van der Waals surface area contributed by atoms with E-state index in [0.29, 0.717) is 17.7 Å². The average Bonchev–Trinajstić information content (AvgIpc) is 2.20. The highest BCUT2D eigenvalue weighted by molar-refractivity contribution is 7.92. The Bertz CT molecular complexity index is 457. The molecule has 0 bridgehead atoms. The molecule has 5 heteroatoms. The lowest BCUT2D eigenvalue weighted by molar-refractivity contribution is 0.597. The summed E-state index contributed by atoms with van der Waals surface area (Å²) in [6.07, 6.45) is 1.44. The Morgan fingerprint density at radius 3 is 2.62 bits per heavy atom. The normalized spacial score (nSPS) is 11.4. The second-order valence-corrected chi connectivity index (χ2v) is 5.58. The van der Waals surface area contributed by atoms with Crippen LogP contribution in [0.15, 0.2) is 18.2 Å². The van der Waals surface area contributed by atoms with Gasteiger partial charge in [0.1, 0.15) is 5.82 Å². The van der Waals surface area contributed by atoms with Gasteiger partial charge in [0.2, 0.25) is 10.0 Å². The predicted octanol–water partition coefficient (Wildman–Crippen LogP) is 2.68. The average molecular weight is 245 g/mol. The minimum atomic E-state index is -3.30. The molecule has 0 fully saturated rings. The van der Waals surface area contributed by atoms with E-state index in [-0.39, 0.29) is 11.6 Å². The minimum absolute atomic E-state index is 0.0971. The van der Waals surface area contributed by atoms with Crippen LogP contribution in [-0.4, -0.2) is 14.2 Å². The van der Waals surface area contributed by atoms with Gasteiger partial charge in [-0.25, -0.2) is 12.8 Å². The fourth-order valence-corrected chi connectivity index (χ4v) is 2.53. The molecule has 0 spiro atoms. The maximum absolute atomic E-state index is 13.0. The van der Waals surface area contributed by atoms with Crippen molar-refractivity contribution in [2.45, 2.75) is 26.7 Å². The molecule has 0 saturated heterocycles. The maximum Gasteiger partial charge on any atom is 0.232 e. The zero-order valence-electron chi connectivity index (χ0n) is 9.46. The van der Waals surface area contributed by atoms with Gasteiger partial charge >= 0.3 is 0 Å². The lowest BCUT2D eigenvalue weighted by Crippen LogP contribution is -2.16. The first-order valence-corrected chi connectivity index (χ1v) is 6.86. The Morgan fingerprint density at radius 2 is 2.06 bits per heavy atom. The summed E-state index contributed by atoms with van der Waals surface area (Å²) in [5.41, 5.74) is 0.839. The quantitative estimate of drug-likeness (QED) is 0.867. The van der Waals surface area contributed by atoms with Gasteiger partial charge in [-0.2, -0.15) is 0 Å². The van der Waals surface area contributed by atoms with Crippen LogP contribution in [-0.2, 0) is 10.0 Å². The number of unbranched alkanes of at least 4 members (excludes halogenated alkanes) is 1. The summed E-state index contributed by atoms with van der Waals surface area (Å²) in [4.78, 5) is 0. The molecule has 1 aromatic carbocycles. The van der Waals surface area contributed by atoms with E-state index in [4.69, 9.17) is 0 Å². The van der Waals surface area contributed by atoms with Crippen LogP contribution in [0.25, 0.3) is 0 Å². The monoisotopic (exact) mass is 245 g/mol. The zero-order chi connectivity index (χ0) is 12.2. The molecule has 0 unspecified atom stereocenters. The molecule has 1 aromatic rings. The Balaban J connectivity index is 2.76. The van der Waals surface area contributed by atoms with Crippen molar-refractivity contribution in [1.29, 1.82) is 0 Å². The van der Waals surface area contributed by atoms with Crippen molar-refractivity contribution in [2.75, 3.05) is 10.5 Å². The third-order valence-corrected chi connectivity index (χ3v) is 3.57. The first-order valence-electron chi connectivity index (χ1n) is 5.21.